The minimum atomic E-state index is -0.588. The van der Waals surface area contributed by atoms with Crippen LogP contribution in [0.2, 0.25) is 0 Å². The molecule has 3 aliphatic rings. The van der Waals surface area contributed by atoms with Gasteiger partial charge in [0.25, 0.3) is 0 Å². The molecule has 1 atom stereocenters. The molecular formula is C35H48N4O4. The molecule has 0 saturated heterocycles. The zero-order chi connectivity index (χ0) is 30.9. The number of anilines is 2. The standard InChI is InChI=1S/C35H48N4O4/c1-24(41)39-30-13-12-27(25-14-16-37(17-15-25)33(42)19-35(4,5)43-23-34(2,3)36)18-31(30)38(21-32(39)26-10-11-26)20-28-8-6-7-9-29(28)22-40/h6-9,12-14,18,26,32,40H,10-11,15-17,19-23,36H2,1-5H3/t32-/m1/s1. The lowest BCUT2D eigenvalue weighted by atomic mass is 9.94. The number of aliphatic hydroxyl groups excluding tert-OH is 1. The summed E-state index contributed by atoms with van der Waals surface area (Å²) in [6, 6.07) is 14.6. The molecule has 0 unspecified atom stereocenters. The number of nitrogens with two attached hydrogens (primary N) is 1. The quantitative estimate of drug-likeness (QED) is 0.411. The highest BCUT2D eigenvalue weighted by atomic mass is 16.5. The highest BCUT2D eigenvalue weighted by molar-refractivity contribution is 5.98. The van der Waals surface area contributed by atoms with Crippen molar-refractivity contribution in [1.29, 1.82) is 0 Å². The van der Waals surface area contributed by atoms with E-state index in [0.29, 0.717) is 38.6 Å². The van der Waals surface area contributed by atoms with E-state index in [1.165, 1.54) is 5.57 Å². The Balaban J connectivity index is 1.37. The second kappa shape index (κ2) is 12.4. The first-order valence-corrected chi connectivity index (χ1v) is 15.6. The molecule has 2 heterocycles. The molecule has 2 aliphatic heterocycles. The van der Waals surface area contributed by atoms with Gasteiger partial charge in [0.1, 0.15) is 0 Å². The summed E-state index contributed by atoms with van der Waals surface area (Å²) >= 11 is 0. The van der Waals surface area contributed by atoms with Gasteiger partial charge in [-0.3, -0.25) is 9.59 Å². The minimum Gasteiger partial charge on any atom is -0.392 e. The predicted molar refractivity (Wildman–Crippen MR) is 172 cm³/mol. The lowest BCUT2D eigenvalue weighted by molar-refractivity contribution is -0.138. The number of rotatable bonds is 10. The van der Waals surface area contributed by atoms with Gasteiger partial charge in [0.05, 0.1) is 42.7 Å². The zero-order valence-electron chi connectivity index (χ0n) is 26.4. The molecule has 5 rings (SSSR count). The van der Waals surface area contributed by atoms with Crippen LogP contribution in [-0.4, -0.2) is 65.2 Å². The Morgan fingerprint density at radius 3 is 2.37 bits per heavy atom. The molecular weight excluding hydrogens is 540 g/mol. The number of carbonyl (C=O) groups is 2. The van der Waals surface area contributed by atoms with Crippen LogP contribution >= 0.6 is 0 Å². The van der Waals surface area contributed by atoms with Crippen LogP contribution < -0.4 is 15.5 Å². The lowest BCUT2D eigenvalue weighted by Gasteiger charge is -2.44. The molecule has 43 heavy (non-hydrogen) atoms. The van der Waals surface area contributed by atoms with Crippen molar-refractivity contribution in [3.63, 3.8) is 0 Å². The molecule has 0 aromatic heterocycles. The first-order valence-electron chi connectivity index (χ1n) is 15.6. The molecule has 2 aromatic carbocycles. The van der Waals surface area contributed by atoms with Crippen LogP contribution in [0.4, 0.5) is 11.4 Å². The summed E-state index contributed by atoms with van der Waals surface area (Å²) in [6.07, 6.45) is 5.52. The van der Waals surface area contributed by atoms with Gasteiger partial charge >= 0.3 is 0 Å². The third-order valence-corrected chi connectivity index (χ3v) is 8.81. The van der Waals surface area contributed by atoms with Crippen molar-refractivity contribution in [2.75, 3.05) is 36.0 Å². The fourth-order valence-electron chi connectivity index (χ4n) is 6.30. The van der Waals surface area contributed by atoms with Crippen LogP contribution in [0.1, 0.15) is 77.0 Å². The van der Waals surface area contributed by atoms with Gasteiger partial charge in [-0.1, -0.05) is 36.4 Å². The number of ether oxygens (including phenoxy) is 1. The summed E-state index contributed by atoms with van der Waals surface area (Å²) < 4.78 is 5.98. The summed E-state index contributed by atoms with van der Waals surface area (Å²) in [7, 11) is 0. The zero-order valence-corrected chi connectivity index (χ0v) is 26.4. The third kappa shape index (κ3) is 7.48. The Labute approximate surface area is 256 Å². The van der Waals surface area contributed by atoms with Crippen molar-refractivity contribution >= 4 is 28.8 Å². The van der Waals surface area contributed by atoms with Gasteiger partial charge in [-0.05, 0) is 87.3 Å². The number of amides is 2. The van der Waals surface area contributed by atoms with Crippen LogP contribution in [-0.2, 0) is 27.5 Å². The van der Waals surface area contributed by atoms with Gasteiger partial charge in [0.2, 0.25) is 11.8 Å². The van der Waals surface area contributed by atoms with E-state index in [9.17, 15) is 14.7 Å². The van der Waals surface area contributed by atoms with Crippen molar-refractivity contribution in [1.82, 2.24) is 4.90 Å². The minimum absolute atomic E-state index is 0.00104. The molecule has 1 aliphatic carbocycles. The predicted octanol–water partition coefficient (Wildman–Crippen LogP) is 4.87. The maximum atomic E-state index is 13.2. The van der Waals surface area contributed by atoms with Crippen LogP contribution in [0.3, 0.4) is 0 Å². The Kier molecular flexibility index (Phi) is 9.02. The Bertz CT molecular complexity index is 1370. The lowest BCUT2D eigenvalue weighted by Crippen LogP contribution is -2.52. The molecule has 0 spiro atoms. The van der Waals surface area contributed by atoms with Crippen LogP contribution in [0.5, 0.6) is 0 Å². The number of aliphatic hydroxyl groups is 1. The fourth-order valence-corrected chi connectivity index (χ4v) is 6.30. The Morgan fingerprint density at radius 2 is 1.77 bits per heavy atom. The summed E-state index contributed by atoms with van der Waals surface area (Å²) in [4.78, 5) is 32.4. The normalized spacial score (nSPS) is 19.3. The number of benzene rings is 2. The first-order chi connectivity index (χ1) is 20.3. The third-order valence-electron chi connectivity index (χ3n) is 8.81. The van der Waals surface area contributed by atoms with Gasteiger partial charge < -0.3 is 30.3 Å². The average Bonchev–Trinajstić information content (AvgIpc) is 3.81. The van der Waals surface area contributed by atoms with Crippen molar-refractivity contribution in [3.05, 3.63) is 65.2 Å². The second-order valence-corrected chi connectivity index (χ2v) is 13.8. The average molecular weight is 589 g/mol. The second-order valence-electron chi connectivity index (χ2n) is 13.8. The van der Waals surface area contributed by atoms with E-state index in [2.05, 4.69) is 35.2 Å². The van der Waals surface area contributed by atoms with Crippen molar-refractivity contribution in [3.8, 4) is 0 Å². The molecule has 0 bridgehead atoms. The van der Waals surface area contributed by atoms with Crippen LogP contribution in [0, 0.1) is 5.92 Å². The summed E-state index contributed by atoms with van der Waals surface area (Å²) in [5, 5.41) is 9.99. The maximum absolute atomic E-state index is 13.2. The van der Waals surface area contributed by atoms with Crippen molar-refractivity contribution in [2.24, 2.45) is 11.7 Å². The fraction of sp³-hybridized carbons (Fsp3) is 0.543. The summed E-state index contributed by atoms with van der Waals surface area (Å²) in [5.74, 6) is 0.681. The molecule has 0 radical (unpaired) electrons. The van der Waals surface area contributed by atoms with Crippen molar-refractivity contribution < 1.29 is 19.4 Å². The molecule has 8 nitrogen and oxygen atoms in total. The maximum Gasteiger partial charge on any atom is 0.225 e. The molecule has 3 N–H and O–H groups in total. The van der Waals surface area contributed by atoms with Gasteiger partial charge in [-0.25, -0.2) is 0 Å². The van der Waals surface area contributed by atoms with E-state index >= 15 is 0 Å². The summed E-state index contributed by atoms with van der Waals surface area (Å²) in [5.41, 5.74) is 11.4. The van der Waals surface area contributed by atoms with E-state index in [1.54, 1.807) is 6.92 Å². The highest BCUT2D eigenvalue weighted by Gasteiger charge is 2.42. The number of carbonyl (C=O) groups excluding carboxylic acids is 2. The molecule has 232 valence electrons. The van der Waals surface area contributed by atoms with Crippen LogP contribution in [0.15, 0.2) is 48.5 Å². The largest absolute Gasteiger partial charge is 0.392 e. The van der Waals surface area contributed by atoms with Crippen LogP contribution in [0.25, 0.3) is 5.57 Å². The Hall–Kier alpha value is -3.20. The number of fused-ring (bicyclic) bond motifs is 1. The van der Waals surface area contributed by atoms with Gasteiger partial charge in [-0.2, -0.15) is 0 Å². The number of hydrogen-bond acceptors (Lipinski definition) is 6. The van der Waals surface area contributed by atoms with Gasteiger partial charge in [-0.15, -0.1) is 0 Å². The SMILES string of the molecule is CC(=O)N1c2ccc(C3=CCN(C(=O)CC(C)(C)OCC(C)(C)N)CC3)cc2N(Cc2ccccc2CO)C[C@@H]1C1CC1. The van der Waals surface area contributed by atoms with Crippen molar-refractivity contribution in [2.45, 2.75) is 90.6 Å². The van der Waals surface area contributed by atoms with E-state index in [1.807, 2.05) is 55.7 Å². The molecule has 2 aromatic rings. The first kappa shape index (κ1) is 31.2. The van der Waals surface area contributed by atoms with Gasteiger partial charge in [0, 0.05) is 38.6 Å². The molecule has 1 fully saturated rings. The van der Waals surface area contributed by atoms with E-state index in [0.717, 1.165) is 53.9 Å². The molecule has 2 amide bonds. The smallest absolute Gasteiger partial charge is 0.225 e. The van der Waals surface area contributed by atoms with E-state index in [4.69, 9.17) is 10.5 Å². The topological polar surface area (TPSA) is 99.3 Å². The van der Waals surface area contributed by atoms with E-state index in [-0.39, 0.29) is 24.5 Å². The number of hydrogen-bond donors (Lipinski definition) is 2. The number of nitrogens with zero attached hydrogens (tertiary/aromatic N) is 3. The monoisotopic (exact) mass is 588 g/mol. The van der Waals surface area contributed by atoms with Gasteiger partial charge in [0.15, 0.2) is 0 Å². The van der Waals surface area contributed by atoms with E-state index < -0.39 is 11.1 Å². The molecule has 8 heteroatoms. The highest BCUT2D eigenvalue weighted by Crippen LogP contribution is 2.45. The summed E-state index contributed by atoms with van der Waals surface area (Å²) in [6.45, 7) is 12.4. The Morgan fingerprint density at radius 1 is 1.05 bits per heavy atom. The molecule has 1 saturated carbocycles.